The van der Waals surface area contributed by atoms with E-state index in [4.69, 9.17) is 21.7 Å². The molecule has 4 N–H and O–H groups in total. The van der Waals surface area contributed by atoms with Gasteiger partial charge in [-0.3, -0.25) is 5.21 Å². The van der Waals surface area contributed by atoms with E-state index in [-0.39, 0.29) is 40.4 Å². The van der Waals surface area contributed by atoms with Gasteiger partial charge in [0.05, 0.1) is 12.1 Å². The Morgan fingerprint density at radius 2 is 1.34 bits per heavy atom. The van der Waals surface area contributed by atoms with E-state index < -0.39 is 5.60 Å². The van der Waals surface area contributed by atoms with Crippen molar-refractivity contribution < 1.29 is 23.5 Å². The second-order valence-corrected chi connectivity index (χ2v) is 15.2. The largest absolute Gasteiger partial charge is 0.487 e. The van der Waals surface area contributed by atoms with Crippen molar-refractivity contribution in [1.29, 1.82) is 0 Å². The van der Waals surface area contributed by atoms with Gasteiger partial charge in [0.2, 0.25) is 5.96 Å². The molecular weight excluding hydrogens is 584 g/mol. The highest BCUT2D eigenvalue weighted by molar-refractivity contribution is 7.80. The molecule has 2 unspecified atom stereocenters. The Morgan fingerprint density at radius 1 is 0.864 bits per heavy atom. The number of aliphatic imine (C=N–C) groups is 1. The Kier molecular flexibility index (Phi) is 10.5. The van der Waals surface area contributed by atoms with Crippen LogP contribution in [0.4, 0.5) is 8.78 Å². The average Bonchev–Trinajstić information content (AvgIpc) is 2.82. The molecule has 0 aliphatic carbocycles. The van der Waals surface area contributed by atoms with Crippen molar-refractivity contribution in [3.8, 4) is 11.5 Å². The van der Waals surface area contributed by atoms with E-state index >= 15 is 0 Å². The molecule has 0 saturated heterocycles. The van der Waals surface area contributed by atoms with Crippen molar-refractivity contribution in [2.24, 2.45) is 4.99 Å². The number of hydroxylamine groups is 2. The van der Waals surface area contributed by atoms with E-state index in [2.05, 4.69) is 20.9 Å². The molecule has 0 spiro atoms. The fraction of sp³-hybridized carbons (Fsp3) is 0.576. The summed E-state index contributed by atoms with van der Waals surface area (Å²) in [5.74, 6) is 1.10. The Morgan fingerprint density at radius 3 is 1.84 bits per heavy atom. The van der Waals surface area contributed by atoms with Crippen molar-refractivity contribution >= 4 is 23.3 Å². The van der Waals surface area contributed by atoms with Gasteiger partial charge in [0, 0.05) is 42.1 Å². The van der Waals surface area contributed by atoms with Crippen LogP contribution in [0, 0.1) is 11.6 Å². The quantitative estimate of drug-likeness (QED) is 0.120. The molecule has 2 aliphatic rings. The number of nitrogens with zero attached hydrogens (tertiary/aromatic N) is 2. The number of thiocarbonyl (C=S) groups is 1. The summed E-state index contributed by atoms with van der Waals surface area (Å²) >= 11 is 5.36. The molecule has 2 aromatic carbocycles. The topological polar surface area (TPSA) is 90.4 Å². The first-order valence-corrected chi connectivity index (χ1v) is 15.3. The lowest BCUT2D eigenvalue weighted by atomic mass is 9.89. The van der Waals surface area contributed by atoms with Gasteiger partial charge in [-0.25, -0.2) is 18.8 Å². The third kappa shape index (κ3) is 10.5. The molecule has 2 heterocycles. The molecule has 2 aliphatic heterocycles. The fourth-order valence-electron chi connectivity index (χ4n) is 5.07. The Bertz CT molecular complexity index is 1370. The molecule has 0 amide bonds. The normalized spacial score (nSPS) is 20.4. The average molecular weight is 634 g/mol. The smallest absolute Gasteiger partial charge is 0.218 e. The Balaban J connectivity index is 0.000000241. The van der Waals surface area contributed by atoms with Crippen LogP contribution in [-0.2, 0) is 0 Å². The number of fused-ring (bicyclic) bond motifs is 2. The van der Waals surface area contributed by atoms with Gasteiger partial charge in [-0.1, -0.05) is 0 Å². The van der Waals surface area contributed by atoms with Crippen molar-refractivity contribution in [3.05, 3.63) is 59.2 Å². The van der Waals surface area contributed by atoms with Crippen LogP contribution < -0.4 is 25.4 Å². The fourth-order valence-corrected chi connectivity index (χ4v) is 5.52. The summed E-state index contributed by atoms with van der Waals surface area (Å²) < 4.78 is 39.0. The first-order chi connectivity index (χ1) is 20.0. The second-order valence-electron chi connectivity index (χ2n) is 14.8. The van der Waals surface area contributed by atoms with Crippen LogP contribution in [0.2, 0.25) is 0 Å². The number of nitrogens with one attached hydrogen (secondary N) is 3. The van der Waals surface area contributed by atoms with E-state index in [9.17, 15) is 14.0 Å². The number of ether oxygens (including phenoxy) is 2. The predicted octanol–water partition coefficient (Wildman–Crippen LogP) is 7.18. The summed E-state index contributed by atoms with van der Waals surface area (Å²) in [4.78, 5) is 4.63. The number of hydrogen-bond donors (Lipinski definition) is 4. The minimum atomic E-state index is -0.417. The van der Waals surface area contributed by atoms with Crippen molar-refractivity contribution in [2.45, 2.75) is 116 Å². The number of halogens is 2. The highest BCUT2D eigenvalue weighted by Crippen LogP contribution is 2.42. The van der Waals surface area contributed by atoms with Gasteiger partial charge in [0.15, 0.2) is 5.11 Å². The molecule has 0 aromatic heterocycles. The zero-order valence-electron chi connectivity index (χ0n) is 27.9. The molecule has 0 radical (unpaired) electrons. The van der Waals surface area contributed by atoms with Crippen LogP contribution in [0.5, 0.6) is 11.5 Å². The molecule has 11 heteroatoms. The molecular formula is C33H49F2N5O3S. The van der Waals surface area contributed by atoms with Gasteiger partial charge in [-0.2, -0.15) is 0 Å². The molecule has 244 valence electrons. The van der Waals surface area contributed by atoms with E-state index in [1.54, 1.807) is 12.1 Å². The third-order valence-electron chi connectivity index (χ3n) is 6.70. The van der Waals surface area contributed by atoms with Gasteiger partial charge < -0.3 is 25.4 Å². The van der Waals surface area contributed by atoms with Crippen LogP contribution in [0.1, 0.15) is 105 Å². The summed E-state index contributed by atoms with van der Waals surface area (Å²) in [5.41, 5.74) is 0.392. The van der Waals surface area contributed by atoms with Crippen LogP contribution >= 0.6 is 12.2 Å². The van der Waals surface area contributed by atoms with Crippen LogP contribution in [-0.4, -0.2) is 50.7 Å². The minimum absolute atomic E-state index is 0.0678. The minimum Gasteiger partial charge on any atom is -0.487 e. The first kappa shape index (κ1) is 35.3. The van der Waals surface area contributed by atoms with Crippen LogP contribution in [0.25, 0.3) is 0 Å². The summed E-state index contributed by atoms with van der Waals surface area (Å²) in [6.45, 7) is 20.1. The lowest BCUT2D eigenvalue weighted by molar-refractivity contribution is 0.00582. The number of hydrogen-bond acceptors (Lipinski definition) is 5. The molecule has 2 aromatic rings. The summed E-state index contributed by atoms with van der Waals surface area (Å²) in [6.07, 6.45) is 1.31. The van der Waals surface area contributed by atoms with Gasteiger partial charge in [0.25, 0.3) is 0 Å². The molecule has 8 nitrogen and oxygen atoms in total. The van der Waals surface area contributed by atoms with E-state index in [0.29, 0.717) is 34.6 Å². The van der Waals surface area contributed by atoms with Gasteiger partial charge in [0.1, 0.15) is 34.3 Å². The maximum Gasteiger partial charge on any atom is 0.218 e. The molecule has 44 heavy (non-hydrogen) atoms. The standard InChI is InChI=1S/C17H26FN3O2.C16H23FN2OS/c1-16(2,3)20-15(21(6)22)19-13-10-17(4,5)23-14-8-7-11(18)9-12(13)14;1-15(2,3)19-14(21)18-12-9-16(4,5)20-13-7-6-10(17)8-11(12)13/h7-9,13,22H,10H2,1-6H3,(H,19,20);6-8,12H,9H2,1-5H3,(H2,18,19,21). The SMILES string of the molecule is CC(C)(C)NC(=S)NC1CC(C)(C)Oc2ccc(F)cc21.CN(O)C(=NC1CC(C)(C)Oc2ccc(F)cc21)NC(C)(C)C. The van der Waals surface area contributed by atoms with E-state index in [1.165, 1.54) is 31.3 Å². The van der Waals surface area contributed by atoms with Gasteiger partial charge in [-0.05, 0) is 118 Å². The van der Waals surface area contributed by atoms with Crippen molar-refractivity contribution in [1.82, 2.24) is 21.0 Å². The summed E-state index contributed by atoms with van der Waals surface area (Å²) in [5, 5.41) is 21.1. The summed E-state index contributed by atoms with van der Waals surface area (Å²) in [7, 11) is 1.51. The van der Waals surface area contributed by atoms with Crippen LogP contribution in [0.3, 0.4) is 0 Å². The highest BCUT2D eigenvalue weighted by atomic mass is 32.1. The zero-order chi connectivity index (χ0) is 33.3. The number of rotatable bonds is 2. The van der Waals surface area contributed by atoms with Crippen LogP contribution in [0.15, 0.2) is 41.4 Å². The number of guanidine groups is 1. The van der Waals surface area contributed by atoms with Crippen molar-refractivity contribution in [3.63, 3.8) is 0 Å². The molecule has 0 bridgehead atoms. The van der Waals surface area contributed by atoms with E-state index in [1.807, 2.05) is 69.2 Å². The van der Waals surface area contributed by atoms with Gasteiger partial charge in [-0.15, -0.1) is 0 Å². The second kappa shape index (κ2) is 13.0. The number of benzene rings is 2. The van der Waals surface area contributed by atoms with Gasteiger partial charge >= 0.3 is 0 Å². The predicted molar refractivity (Wildman–Crippen MR) is 175 cm³/mol. The summed E-state index contributed by atoms with van der Waals surface area (Å²) in [6, 6.07) is 8.71. The molecule has 0 fully saturated rings. The maximum absolute atomic E-state index is 13.6. The van der Waals surface area contributed by atoms with Crippen molar-refractivity contribution in [2.75, 3.05) is 7.05 Å². The lowest BCUT2D eigenvalue weighted by Gasteiger charge is -2.38. The molecule has 4 rings (SSSR count). The monoisotopic (exact) mass is 633 g/mol. The Hall–Kier alpha value is -3.18. The molecule has 0 saturated carbocycles. The lowest BCUT2D eigenvalue weighted by Crippen LogP contribution is -2.49. The Labute approximate surface area is 266 Å². The van der Waals surface area contributed by atoms with E-state index in [0.717, 1.165) is 17.0 Å². The third-order valence-corrected chi connectivity index (χ3v) is 6.92. The highest BCUT2D eigenvalue weighted by Gasteiger charge is 2.36. The maximum atomic E-state index is 13.6. The zero-order valence-corrected chi connectivity index (χ0v) is 28.7. The molecule has 2 atom stereocenters. The first-order valence-electron chi connectivity index (χ1n) is 14.9.